The van der Waals surface area contributed by atoms with Gasteiger partial charge in [-0.05, 0) is 23.8 Å². The predicted octanol–water partition coefficient (Wildman–Crippen LogP) is 1.65. The van der Waals surface area contributed by atoms with Gasteiger partial charge in [0.2, 0.25) is 0 Å². The van der Waals surface area contributed by atoms with E-state index in [4.69, 9.17) is 11.6 Å². The van der Waals surface area contributed by atoms with Gasteiger partial charge in [0.1, 0.15) is 0 Å². The maximum atomic E-state index is 12.2. The molecule has 6 heteroatoms. The van der Waals surface area contributed by atoms with E-state index >= 15 is 0 Å². The van der Waals surface area contributed by atoms with Crippen molar-refractivity contribution in [2.24, 2.45) is 0 Å². The summed E-state index contributed by atoms with van der Waals surface area (Å²) in [5, 5.41) is 10.2. The summed E-state index contributed by atoms with van der Waals surface area (Å²) >= 11 is 5.53. The first-order valence-electron chi connectivity index (χ1n) is 3.86. The number of aliphatic carboxylic acids is 1. The van der Waals surface area contributed by atoms with Crippen LogP contribution in [0.2, 0.25) is 5.02 Å². The molecule has 0 N–H and O–H groups in total. The van der Waals surface area contributed by atoms with Crippen molar-refractivity contribution in [1.82, 2.24) is 0 Å². The zero-order chi connectivity index (χ0) is 11.6. The lowest BCUT2D eigenvalue weighted by atomic mass is 10.1. The van der Waals surface area contributed by atoms with Crippen LogP contribution in [0.4, 0.5) is 13.2 Å². The summed E-state index contributed by atoms with van der Waals surface area (Å²) in [7, 11) is 0. The van der Waals surface area contributed by atoms with Crippen molar-refractivity contribution in [3.63, 3.8) is 0 Å². The maximum absolute atomic E-state index is 12.2. The monoisotopic (exact) mass is 237 g/mol. The highest BCUT2D eigenvalue weighted by Crippen LogP contribution is 2.31. The second-order valence-electron chi connectivity index (χ2n) is 2.85. The molecule has 0 spiro atoms. The van der Waals surface area contributed by atoms with Gasteiger partial charge < -0.3 is 9.90 Å². The van der Waals surface area contributed by atoms with Crippen molar-refractivity contribution in [3.05, 3.63) is 34.3 Å². The molecule has 1 aromatic rings. The third-order valence-corrected chi connectivity index (χ3v) is 2.08. The number of carbonyl (C=O) groups is 1. The van der Waals surface area contributed by atoms with Gasteiger partial charge in [-0.3, -0.25) is 0 Å². The number of carboxylic acids is 1. The summed E-state index contributed by atoms with van der Waals surface area (Å²) < 4.78 is 36.7. The average Bonchev–Trinajstić information content (AvgIpc) is 2.06. The Kier molecular flexibility index (Phi) is 3.24. The van der Waals surface area contributed by atoms with Gasteiger partial charge in [-0.15, -0.1) is 0 Å². The molecule has 0 radical (unpaired) electrons. The van der Waals surface area contributed by atoms with Crippen LogP contribution in [-0.4, -0.2) is 5.97 Å². The highest BCUT2D eigenvalue weighted by Gasteiger charge is 2.30. The minimum Gasteiger partial charge on any atom is -0.550 e. The van der Waals surface area contributed by atoms with E-state index in [1.54, 1.807) is 0 Å². The van der Waals surface area contributed by atoms with Gasteiger partial charge in [0, 0.05) is 17.4 Å². The molecule has 1 rings (SSSR count). The SMILES string of the molecule is O=C([O-])Cc1cc(C(F)(F)F)ccc1Cl. The molecule has 0 aliphatic carbocycles. The third kappa shape index (κ3) is 3.13. The molecule has 0 saturated heterocycles. The van der Waals surface area contributed by atoms with Gasteiger partial charge >= 0.3 is 6.18 Å². The summed E-state index contributed by atoms with van der Waals surface area (Å²) in [6, 6.07) is 2.52. The Morgan fingerprint density at radius 1 is 1.40 bits per heavy atom. The fraction of sp³-hybridized carbons (Fsp3) is 0.222. The largest absolute Gasteiger partial charge is 0.550 e. The highest BCUT2D eigenvalue weighted by atomic mass is 35.5. The normalized spacial score (nSPS) is 11.5. The Balaban J connectivity index is 3.11. The van der Waals surface area contributed by atoms with Gasteiger partial charge in [-0.2, -0.15) is 13.2 Å². The van der Waals surface area contributed by atoms with E-state index in [1.807, 2.05) is 0 Å². The van der Waals surface area contributed by atoms with Crippen molar-refractivity contribution in [2.75, 3.05) is 0 Å². The number of carbonyl (C=O) groups excluding carboxylic acids is 1. The fourth-order valence-electron chi connectivity index (χ4n) is 1.04. The van der Waals surface area contributed by atoms with E-state index in [-0.39, 0.29) is 10.6 Å². The zero-order valence-corrected chi connectivity index (χ0v) is 8.02. The number of hydrogen-bond acceptors (Lipinski definition) is 2. The van der Waals surface area contributed by atoms with Crippen LogP contribution in [0.1, 0.15) is 11.1 Å². The van der Waals surface area contributed by atoms with Crippen molar-refractivity contribution < 1.29 is 23.1 Å². The summed E-state index contributed by atoms with van der Waals surface area (Å²) in [4.78, 5) is 10.2. The molecular weight excluding hydrogens is 233 g/mol. The van der Waals surface area contributed by atoms with E-state index in [2.05, 4.69) is 0 Å². The van der Waals surface area contributed by atoms with Gasteiger partial charge in [-0.1, -0.05) is 11.6 Å². The highest BCUT2D eigenvalue weighted by molar-refractivity contribution is 6.31. The molecule has 0 unspecified atom stereocenters. The third-order valence-electron chi connectivity index (χ3n) is 1.71. The quantitative estimate of drug-likeness (QED) is 0.785. The molecule has 0 aromatic heterocycles. The second-order valence-corrected chi connectivity index (χ2v) is 3.26. The zero-order valence-electron chi connectivity index (χ0n) is 7.27. The molecule has 2 nitrogen and oxygen atoms in total. The lowest BCUT2D eigenvalue weighted by molar-refractivity contribution is -0.304. The van der Waals surface area contributed by atoms with Gasteiger partial charge in [-0.25, -0.2) is 0 Å². The first kappa shape index (κ1) is 11.8. The van der Waals surface area contributed by atoms with E-state index in [0.717, 1.165) is 12.1 Å². The number of halogens is 4. The maximum Gasteiger partial charge on any atom is 0.416 e. The standard InChI is InChI=1S/C9H6ClF3O2/c10-7-2-1-6(9(11,12)13)3-5(7)4-8(14)15/h1-3H,4H2,(H,14,15)/p-1. The first-order chi connectivity index (χ1) is 6.80. The van der Waals surface area contributed by atoms with Crippen molar-refractivity contribution in [2.45, 2.75) is 12.6 Å². The average molecular weight is 238 g/mol. The summed E-state index contributed by atoms with van der Waals surface area (Å²) in [6.45, 7) is 0. The van der Waals surface area contributed by atoms with Crippen molar-refractivity contribution >= 4 is 17.6 Å². The fourth-order valence-corrected chi connectivity index (χ4v) is 1.23. The molecule has 1 aromatic carbocycles. The van der Waals surface area contributed by atoms with Crippen LogP contribution in [-0.2, 0) is 17.4 Å². The number of alkyl halides is 3. The smallest absolute Gasteiger partial charge is 0.416 e. The van der Waals surface area contributed by atoms with Crippen LogP contribution in [0, 0.1) is 0 Å². The molecule has 0 atom stereocenters. The Labute approximate surface area is 88.3 Å². The molecule has 15 heavy (non-hydrogen) atoms. The first-order valence-corrected chi connectivity index (χ1v) is 4.24. The Hall–Kier alpha value is -1.23. The minimum atomic E-state index is -4.51. The lowest BCUT2D eigenvalue weighted by Gasteiger charge is -2.10. The Morgan fingerprint density at radius 3 is 2.47 bits per heavy atom. The van der Waals surface area contributed by atoms with Crippen LogP contribution in [0.15, 0.2) is 18.2 Å². The van der Waals surface area contributed by atoms with E-state index in [1.165, 1.54) is 0 Å². The Morgan fingerprint density at radius 2 is 2.00 bits per heavy atom. The van der Waals surface area contributed by atoms with E-state index < -0.39 is 24.1 Å². The van der Waals surface area contributed by atoms with Crippen LogP contribution in [0.3, 0.4) is 0 Å². The lowest BCUT2D eigenvalue weighted by Crippen LogP contribution is -2.24. The molecule has 0 amide bonds. The van der Waals surface area contributed by atoms with Gasteiger partial charge in [0.25, 0.3) is 0 Å². The van der Waals surface area contributed by atoms with Crippen LogP contribution in [0.5, 0.6) is 0 Å². The molecular formula is C9H5ClF3O2-. The molecule has 0 bridgehead atoms. The predicted molar refractivity (Wildman–Crippen MR) is 45.2 cm³/mol. The number of hydrogen-bond donors (Lipinski definition) is 0. The Bertz CT molecular complexity index is 387. The molecule has 0 aliphatic heterocycles. The van der Waals surface area contributed by atoms with Crippen LogP contribution >= 0.6 is 11.6 Å². The summed E-state index contributed by atoms with van der Waals surface area (Å²) in [5.41, 5.74) is -1.03. The van der Waals surface area contributed by atoms with Gasteiger partial charge in [0.15, 0.2) is 0 Å². The van der Waals surface area contributed by atoms with Crippen molar-refractivity contribution in [3.8, 4) is 0 Å². The summed E-state index contributed by atoms with van der Waals surface area (Å²) in [5.74, 6) is -1.48. The minimum absolute atomic E-state index is 0.0211. The molecule has 0 saturated carbocycles. The van der Waals surface area contributed by atoms with E-state index in [0.29, 0.717) is 6.07 Å². The molecule has 0 heterocycles. The van der Waals surface area contributed by atoms with Crippen molar-refractivity contribution in [1.29, 1.82) is 0 Å². The molecule has 0 fully saturated rings. The number of carboxylic acid groups (broad SMARTS) is 1. The topological polar surface area (TPSA) is 40.1 Å². The van der Waals surface area contributed by atoms with Gasteiger partial charge in [0.05, 0.1) is 5.56 Å². The number of benzene rings is 1. The molecule has 82 valence electrons. The van der Waals surface area contributed by atoms with Crippen LogP contribution < -0.4 is 5.11 Å². The van der Waals surface area contributed by atoms with E-state index in [9.17, 15) is 23.1 Å². The molecule has 0 aliphatic rings. The number of rotatable bonds is 2. The summed E-state index contributed by atoms with van der Waals surface area (Å²) in [6.07, 6.45) is -5.14. The second kappa shape index (κ2) is 4.10. The van der Waals surface area contributed by atoms with Crippen LogP contribution in [0.25, 0.3) is 0 Å².